The minimum absolute atomic E-state index is 0.137. The number of benzene rings is 2. The zero-order valence-electron chi connectivity index (χ0n) is 19.7. The molecule has 0 unspecified atom stereocenters. The van der Waals surface area contributed by atoms with E-state index in [2.05, 4.69) is 10.6 Å². The van der Waals surface area contributed by atoms with E-state index >= 15 is 0 Å². The third-order valence-electron chi connectivity index (χ3n) is 6.79. The van der Waals surface area contributed by atoms with Crippen molar-refractivity contribution >= 4 is 23.6 Å². The van der Waals surface area contributed by atoms with Crippen LogP contribution in [0, 0.1) is 0 Å². The van der Waals surface area contributed by atoms with Gasteiger partial charge in [-0.25, -0.2) is 4.79 Å². The molecule has 0 aromatic heterocycles. The lowest BCUT2D eigenvalue weighted by atomic mass is 9.79. The quantitative estimate of drug-likeness (QED) is 0.600. The Morgan fingerprint density at radius 1 is 1.00 bits per heavy atom. The summed E-state index contributed by atoms with van der Waals surface area (Å²) in [6.45, 7) is 2.67. The maximum Gasteiger partial charge on any atom is 0.316 e. The molecule has 2 aliphatic rings. The molecule has 1 saturated carbocycles. The fourth-order valence-electron chi connectivity index (χ4n) is 5.13. The summed E-state index contributed by atoms with van der Waals surface area (Å²) in [6.07, 6.45) is 5.30. The molecule has 7 nitrogen and oxygen atoms in total. The molecule has 34 heavy (non-hydrogen) atoms. The molecule has 1 aliphatic heterocycles. The summed E-state index contributed by atoms with van der Waals surface area (Å²) < 4.78 is 5.17. The topological polar surface area (TPSA) is 87.7 Å². The molecule has 1 fully saturated rings. The monoisotopic (exact) mass is 463 g/mol. The maximum atomic E-state index is 13.7. The van der Waals surface area contributed by atoms with Crippen LogP contribution in [0.3, 0.4) is 0 Å². The van der Waals surface area contributed by atoms with Gasteiger partial charge in [0, 0.05) is 12.2 Å². The van der Waals surface area contributed by atoms with E-state index in [1.54, 1.807) is 11.8 Å². The van der Waals surface area contributed by atoms with Crippen molar-refractivity contribution in [2.24, 2.45) is 0 Å². The predicted octanol–water partition coefficient (Wildman–Crippen LogP) is 4.27. The molecular formula is C27H33N3O4. The van der Waals surface area contributed by atoms with E-state index in [0.717, 1.165) is 42.5 Å². The van der Waals surface area contributed by atoms with Gasteiger partial charge in [0.05, 0.1) is 18.6 Å². The van der Waals surface area contributed by atoms with Crippen LogP contribution in [0.4, 0.5) is 10.5 Å². The Hall–Kier alpha value is -3.35. The van der Waals surface area contributed by atoms with Crippen LogP contribution in [0.15, 0.2) is 54.6 Å². The summed E-state index contributed by atoms with van der Waals surface area (Å²) >= 11 is 0. The highest BCUT2D eigenvalue weighted by atomic mass is 16.5. The van der Waals surface area contributed by atoms with E-state index < -0.39 is 17.6 Å². The summed E-state index contributed by atoms with van der Waals surface area (Å²) in [5.74, 6) is -0.483. The lowest BCUT2D eigenvalue weighted by Gasteiger charge is -2.38. The lowest BCUT2D eigenvalue weighted by molar-refractivity contribution is -0.145. The summed E-state index contributed by atoms with van der Waals surface area (Å²) in [7, 11) is 0. The molecule has 0 saturated heterocycles. The molecule has 3 amide bonds. The number of hydrogen-bond donors (Lipinski definition) is 2. The second kappa shape index (κ2) is 10.7. The van der Waals surface area contributed by atoms with Crippen molar-refractivity contribution < 1.29 is 19.1 Å². The number of anilines is 1. The Balaban J connectivity index is 1.54. The van der Waals surface area contributed by atoms with E-state index in [-0.39, 0.29) is 18.3 Å². The van der Waals surface area contributed by atoms with Crippen LogP contribution in [-0.2, 0) is 20.7 Å². The van der Waals surface area contributed by atoms with Gasteiger partial charge in [-0.2, -0.15) is 0 Å². The van der Waals surface area contributed by atoms with Gasteiger partial charge in [-0.1, -0.05) is 67.8 Å². The molecule has 2 aromatic carbocycles. The first-order chi connectivity index (χ1) is 16.5. The number of fused-ring (bicyclic) bond motifs is 1. The third-order valence-corrected chi connectivity index (χ3v) is 6.79. The summed E-state index contributed by atoms with van der Waals surface area (Å²) in [5.41, 5.74) is 2.08. The molecule has 0 spiro atoms. The van der Waals surface area contributed by atoms with Crippen LogP contribution in [-0.4, -0.2) is 36.6 Å². The minimum Gasteiger partial charge on any atom is -0.466 e. The summed E-state index contributed by atoms with van der Waals surface area (Å²) in [6, 6.07) is 15.9. The van der Waals surface area contributed by atoms with Crippen LogP contribution in [0.25, 0.3) is 0 Å². The van der Waals surface area contributed by atoms with Crippen LogP contribution >= 0.6 is 0 Å². The van der Waals surface area contributed by atoms with Gasteiger partial charge in [0.15, 0.2) is 0 Å². The Morgan fingerprint density at radius 3 is 2.44 bits per heavy atom. The van der Waals surface area contributed by atoms with E-state index in [1.165, 1.54) is 0 Å². The summed E-state index contributed by atoms with van der Waals surface area (Å²) in [4.78, 5) is 41.0. The van der Waals surface area contributed by atoms with Gasteiger partial charge in [0.25, 0.3) is 5.91 Å². The van der Waals surface area contributed by atoms with Gasteiger partial charge in [0.2, 0.25) is 0 Å². The number of urea groups is 1. The molecule has 2 N–H and O–H groups in total. The smallest absolute Gasteiger partial charge is 0.316 e. The number of hydrogen-bond acceptors (Lipinski definition) is 4. The van der Waals surface area contributed by atoms with E-state index in [0.29, 0.717) is 26.0 Å². The zero-order valence-corrected chi connectivity index (χ0v) is 19.7. The average Bonchev–Trinajstić information content (AvgIpc) is 3.27. The number of carbonyl (C=O) groups is 3. The van der Waals surface area contributed by atoms with Crippen molar-refractivity contribution in [1.29, 1.82) is 0 Å². The largest absolute Gasteiger partial charge is 0.466 e. The second-order valence-electron chi connectivity index (χ2n) is 9.13. The van der Waals surface area contributed by atoms with Crippen LogP contribution in [0.1, 0.15) is 62.6 Å². The van der Waals surface area contributed by atoms with Gasteiger partial charge in [0.1, 0.15) is 6.04 Å². The number of carbonyl (C=O) groups excluding carboxylic acids is 3. The van der Waals surface area contributed by atoms with Crippen molar-refractivity contribution in [3.05, 3.63) is 65.7 Å². The highest BCUT2D eigenvalue weighted by molar-refractivity contribution is 6.01. The second-order valence-corrected chi connectivity index (χ2v) is 9.13. The van der Waals surface area contributed by atoms with Crippen molar-refractivity contribution in [3.8, 4) is 0 Å². The Labute approximate surface area is 200 Å². The molecule has 1 aliphatic carbocycles. The lowest BCUT2D eigenvalue weighted by Crippen LogP contribution is -2.56. The third kappa shape index (κ3) is 5.41. The molecule has 0 radical (unpaired) electrons. The number of rotatable bonds is 7. The highest BCUT2D eigenvalue weighted by Crippen LogP contribution is 2.33. The fourth-order valence-corrected chi connectivity index (χ4v) is 5.13. The van der Waals surface area contributed by atoms with Gasteiger partial charge in [-0.3, -0.25) is 9.59 Å². The van der Waals surface area contributed by atoms with Gasteiger partial charge < -0.3 is 20.3 Å². The zero-order chi connectivity index (χ0) is 24.0. The first-order valence-corrected chi connectivity index (χ1v) is 12.2. The van der Waals surface area contributed by atoms with Gasteiger partial charge in [-0.05, 0) is 43.4 Å². The van der Waals surface area contributed by atoms with Gasteiger partial charge >= 0.3 is 12.0 Å². The Morgan fingerprint density at radius 2 is 1.71 bits per heavy atom. The molecule has 1 heterocycles. The number of nitrogens with zero attached hydrogens (tertiary/aromatic N) is 1. The van der Waals surface area contributed by atoms with E-state index in [9.17, 15) is 14.4 Å². The van der Waals surface area contributed by atoms with Gasteiger partial charge in [-0.15, -0.1) is 0 Å². The molecule has 180 valence electrons. The van der Waals surface area contributed by atoms with Crippen molar-refractivity contribution in [2.75, 3.05) is 18.1 Å². The number of para-hydroxylation sites is 1. The number of esters is 1. The SMILES string of the molecule is CCOC(=O)CC1(NC(=O)N[C@H](C(=O)N2CCc3ccccc32)c2ccccc2)CCCCC1. The number of nitrogens with one attached hydrogen (secondary N) is 2. The number of ether oxygens (including phenoxy) is 1. The first kappa shape index (κ1) is 23.8. The molecule has 4 rings (SSSR count). The minimum atomic E-state index is -0.837. The average molecular weight is 464 g/mol. The van der Waals surface area contributed by atoms with Crippen LogP contribution in [0.5, 0.6) is 0 Å². The maximum absolute atomic E-state index is 13.7. The predicted molar refractivity (Wildman–Crippen MR) is 130 cm³/mol. The van der Waals surface area contributed by atoms with E-state index in [1.807, 2.05) is 54.6 Å². The molecular weight excluding hydrogens is 430 g/mol. The number of amides is 3. The van der Waals surface area contributed by atoms with Crippen LogP contribution < -0.4 is 15.5 Å². The van der Waals surface area contributed by atoms with Crippen molar-refractivity contribution in [2.45, 2.75) is 63.5 Å². The highest BCUT2D eigenvalue weighted by Gasteiger charge is 2.38. The molecule has 2 aromatic rings. The molecule has 0 bridgehead atoms. The molecule has 1 atom stereocenters. The first-order valence-electron chi connectivity index (χ1n) is 12.2. The van der Waals surface area contributed by atoms with Crippen molar-refractivity contribution in [3.63, 3.8) is 0 Å². The Bertz CT molecular complexity index is 1020. The summed E-state index contributed by atoms with van der Waals surface area (Å²) in [5, 5.41) is 5.99. The normalized spacial score (nSPS) is 17.4. The standard InChI is InChI=1S/C27H33N3O4/c1-2-34-23(31)19-27(16-9-4-10-17-27)29-26(33)28-24(21-12-5-3-6-13-21)25(32)30-18-15-20-11-7-8-14-22(20)30/h3,5-8,11-14,24H,2,4,9-10,15-19H2,1H3,(H2,28,29,33)/t24-/m0/s1. The fraction of sp³-hybridized carbons (Fsp3) is 0.444. The van der Waals surface area contributed by atoms with Crippen molar-refractivity contribution in [1.82, 2.24) is 10.6 Å². The van der Waals surface area contributed by atoms with E-state index in [4.69, 9.17) is 4.74 Å². The molecule has 7 heteroatoms. The van der Waals surface area contributed by atoms with Crippen LogP contribution in [0.2, 0.25) is 0 Å². The Kier molecular flexibility index (Phi) is 7.50.